The number of hydrogen-bond acceptors (Lipinski definition) is 5. The van der Waals surface area contributed by atoms with E-state index in [0.29, 0.717) is 46.8 Å². The Hall–Kier alpha value is -4.13. The molecule has 1 aromatic heterocycles. The van der Waals surface area contributed by atoms with E-state index in [-0.39, 0.29) is 17.6 Å². The van der Waals surface area contributed by atoms with Crippen LogP contribution in [0.5, 0.6) is 23.0 Å². The number of carbonyl (C=O) groups is 1. The average Bonchev–Trinajstić information content (AvgIpc) is 3.24. The third kappa shape index (κ3) is 4.62. The molecule has 1 amide bonds. The second-order valence-corrected chi connectivity index (χ2v) is 8.51. The number of halogens is 1. The molecule has 1 fully saturated rings. The fourth-order valence-corrected chi connectivity index (χ4v) is 4.51. The Morgan fingerprint density at radius 1 is 0.943 bits per heavy atom. The van der Waals surface area contributed by atoms with Crippen molar-refractivity contribution in [2.24, 2.45) is 5.92 Å². The van der Waals surface area contributed by atoms with Crippen LogP contribution in [0.1, 0.15) is 12.0 Å². The van der Waals surface area contributed by atoms with Gasteiger partial charge in [0, 0.05) is 42.4 Å². The highest BCUT2D eigenvalue weighted by Crippen LogP contribution is 2.38. The number of ether oxygens (including phenoxy) is 3. The van der Waals surface area contributed by atoms with E-state index < -0.39 is 5.82 Å². The lowest BCUT2D eigenvalue weighted by molar-refractivity contribution is -0.117. The number of methoxy groups -OCH3 is 2. The van der Waals surface area contributed by atoms with Crippen LogP contribution >= 0.6 is 0 Å². The number of pyridine rings is 1. The third-order valence-corrected chi connectivity index (χ3v) is 6.23. The highest BCUT2D eigenvalue weighted by molar-refractivity contribution is 5.96. The van der Waals surface area contributed by atoms with Crippen LogP contribution < -0.4 is 19.1 Å². The summed E-state index contributed by atoms with van der Waals surface area (Å²) in [6, 6.07) is 19.9. The molecule has 0 saturated carbocycles. The number of anilines is 1. The summed E-state index contributed by atoms with van der Waals surface area (Å²) in [5, 5.41) is 0.659. The Kier molecular flexibility index (Phi) is 6.23. The number of aromatic nitrogens is 1. The summed E-state index contributed by atoms with van der Waals surface area (Å²) in [4.78, 5) is 18.7. The molecule has 6 nitrogen and oxygen atoms in total. The minimum absolute atomic E-state index is 0.000157. The van der Waals surface area contributed by atoms with Crippen molar-refractivity contribution in [3.8, 4) is 23.0 Å². The number of nitrogens with zero attached hydrogens (tertiary/aromatic N) is 2. The van der Waals surface area contributed by atoms with Crippen molar-refractivity contribution in [1.29, 1.82) is 0 Å². The predicted molar refractivity (Wildman–Crippen MR) is 132 cm³/mol. The number of amides is 1. The molecule has 0 radical (unpaired) electrons. The van der Waals surface area contributed by atoms with E-state index in [4.69, 9.17) is 14.2 Å². The van der Waals surface area contributed by atoms with Crippen LogP contribution in [0.25, 0.3) is 10.9 Å². The molecule has 1 aliphatic rings. The van der Waals surface area contributed by atoms with Gasteiger partial charge in [0.25, 0.3) is 0 Å². The van der Waals surface area contributed by atoms with Crippen LogP contribution in [0.3, 0.4) is 0 Å². The van der Waals surface area contributed by atoms with Gasteiger partial charge in [-0.25, -0.2) is 4.39 Å². The van der Waals surface area contributed by atoms with Gasteiger partial charge < -0.3 is 19.1 Å². The second-order valence-electron chi connectivity index (χ2n) is 8.51. The summed E-state index contributed by atoms with van der Waals surface area (Å²) < 4.78 is 31.7. The van der Waals surface area contributed by atoms with Gasteiger partial charge in [0.1, 0.15) is 5.75 Å². The van der Waals surface area contributed by atoms with Gasteiger partial charge in [-0.1, -0.05) is 30.3 Å². The molecule has 1 aliphatic heterocycles. The van der Waals surface area contributed by atoms with Gasteiger partial charge in [-0.05, 0) is 42.2 Å². The van der Waals surface area contributed by atoms with Gasteiger partial charge in [0.15, 0.2) is 23.1 Å². The molecular formula is C28H25FN2O4. The van der Waals surface area contributed by atoms with Crippen LogP contribution in [-0.4, -0.2) is 31.7 Å². The summed E-state index contributed by atoms with van der Waals surface area (Å²) in [5.74, 6) is 1.20. The van der Waals surface area contributed by atoms with Crippen molar-refractivity contribution in [2.75, 3.05) is 25.7 Å². The summed E-state index contributed by atoms with van der Waals surface area (Å²) in [6.07, 6.45) is 2.85. The molecule has 3 aromatic carbocycles. The van der Waals surface area contributed by atoms with Gasteiger partial charge in [-0.2, -0.15) is 0 Å². The average molecular weight is 473 g/mol. The highest BCUT2D eigenvalue weighted by Gasteiger charge is 2.31. The smallest absolute Gasteiger partial charge is 0.227 e. The maximum absolute atomic E-state index is 15.1. The monoisotopic (exact) mass is 472 g/mol. The quantitative estimate of drug-likeness (QED) is 0.341. The Balaban J connectivity index is 1.36. The first kappa shape index (κ1) is 22.7. The molecule has 2 heterocycles. The summed E-state index contributed by atoms with van der Waals surface area (Å²) in [5.41, 5.74) is 2.35. The zero-order valence-electron chi connectivity index (χ0n) is 19.5. The van der Waals surface area contributed by atoms with Crippen LogP contribution in [-0.2, 0) is 11.2 Å². The summed E-state index contributed by atoms with van der Waals surface area (Å²) in [7, 11) is 3.10. The van der Waals surface area contributed by atoms with E-state index in [1.54, 1.807) is 55.6 Å². The molecule has 7 heteroatoms. The number of rotatable bonds is 7. The van der Waals surface area contributed by atoms with Gasteiger partial charge in [0.05, 0.1) is 19.7 Å². The zero-order valence-corrected chi connectivity index (χ0v) is 19.5. The SMILES string of the molecule is COc1cc2nccc(Oc3ccc(N4CC(Cc5ccccc5)CC4=O)cc3F)c2cc1OC. The van der Waals surface area contributed by atoms with Gasteiger partial charge in [-0.15, -0.1) is 0 Å². The lowest BCUT2D eigenvalue weighted by Gasteiger charge is -2.18. The molecule has 0 N–H and O–H groups in total. The Morgan fingerprint density at radius 3 is 2.46 bits per heavy atom. The fourth-order valence-electron chi connectivity index (χ4n) is 4.51. The van der Waals surface area contributed by atoms with Crippen molar-refractivity contribution in [3.63, 3.8) is 0 Å². The number of carbonyl (C=O) groups excluding carboxylic acids is 1. The Morgan fingerprint density at radius 2 is 1.71 bits per heavy atom. The van der Waals surface area contributed by atoms with E-state index in [1.807, 2.05) is 18.2 Å². The molecule has 1 unspecified atom stereocenters. The standard InChI is InChI=1S/C28H25FN2O4/c1-33-26-15-21-23(16-27(26)34-2)30-11-10-24(21)35-25-9-8-20(14-22(25)29)31-17-19(13-28(31)32)12-18-6-4-3-5-7-18/h3-11,14-16,19H,12-13,17H2,1-2H3. The van der Waals surface area contributed by atoms with E-state index in [2.05, 4.69) is 17.1 Å². The summed E-state index contributed by atoms with van der Waals surface area (Å²) in [6.45, 7) is 0.560. The summed E-state index contributed by atoms with van der Waals surface area (Å²) >= 11 is 0. The lowest BCUT2D eigenvalue weighted by atomic mass is 9.99. The first-order chi connectivity index (χ1) is 17.1. The van der Waals surface area contributed by atoms with Crippen molar-refractivity contribution < 1.29 is 23.4 Å². The zero-order chi connectivity index (χ0) is 24.4. The van der Waals surface area contributed by atoms with Crippen molar-refractivity contribution in [1.82, 2.24) is 4.98 Å². The number of benzene rings is 3. The van der Waals surface area contributed by atoms with Crippen molar-refractivity contribution in [2.45, 2.75) is 12.8 Å². The minimum Gasteiger partial charge on any atom is -0.493 e. The fraction of sp³-hybridized carbons (Fsp3) is 0.214. The van der Waals surface area contributed by atoms with Gasteiger partial charge in [0.2, 0.25) is 5.91 Å². The molecule has 4 aromatic rings. The molecule has 5 rings (SSSR count). The molecule has 35 heavy (non-hydrogen) atoms. The first-order valence-electron chi connectivity index (χ1n) is 11.4. The van der Waals surface area contributed by atoms with Crippen LogP contribution in [0.4, 0.5) is 10.1 Å². The van der Waals surface area contributed by atoms with Crippen molar-refractivity contribution in [3.05, 3.63) is 84.3 Å². The largest absolute Gasteiger partial charge is 0.493 e. The minimum atomic E-state index is -0.549. The molecule has 0 aliphatic carbocycles. The van der Waals surface area contributed by atoms with E-state index in [1.165, 1.54) is 11.6 Å². The highest BCUT2D eigenvalue weighted by atomic mass is 19.1. The van der Waals surface area contributed by atoms with E-state index in [0.717, 1.165) is 6.42 Å². The number of fused-ring (bicyclic) bond motifs is 1. The molecule has 0 bridgehead atoms. The van der Waals surface area contributed by atoms with Gasteiger partial charge >= 0.3 is 0 Å². The van der Waals surface area contributed by atoms with Crippen LogP contribution in [0.15, 0.2) is 72.9 Å². The molecule has 178 valence electrons. The second kappa shape index (κ2) is 9.62. The van der Waals surface area contributed by atoms with E-state index >= 15 is 4.39 Å². The number of hydrogen-bond donors (Lipinski definition) is 0. The topological polar surface area (TPSA) is 60.9 Å². The van der Waals surface area contributed by atoms with Crippen molar-refractivity contribution >= 4 is 22.5 Å². The molecule has 1 saturated heterocycles. The maximum atomic E-state index is 15.1. The Bertz CT molecular complexity index is 1380. The molecule has 1 atom stereocenters. The maximum Gasteiger partial charge on any atom is 0.227 e. The predicted octanol–water partition coefficient (Wildman–Crippen LogP) is 5.78. The third-order valence-electron chi connectivity index (χ3n) is 6.23. The lowest BCUT2D eigenvalue weighted by Crippen LogP contribution is -2.24. The van der Waals surface area contributed by atoms with Crippen LogP contribution in [0, 0.1) is 11.7 Å². The normalized spacial score (nSPS) is 15.5. The molecule has 0 spiro atoms. The van der Waals surface area contributed by atoms with E-state index in [9.17, 15) is 4.79 Å². The Labute approximate surface area is 202 Å². The van der Waals surface area contributed by atoms with Crippen LogP contribution in [0.2, 0.25) is 0 Å². The van der Waals surface area contributed by atoms with Gasteiger partial charge in [-0.3, -0.25) is 9.78 Å². The molecular weight excluding hydrogens is 447 g/mol. The first-order valence-corrected chi connectivity index (χ1v) is 11.4.